The van der Waals surface area contributed by atoms with E-state index in [4.69, 9.17) is 10.4 Å². The quantitative estimate of drug-likeness (QED) is 0.886. The molecule has 0 heterocycles. The van der Waals surface area contributed by atoms with Crippen LogP contribution in [0.4, 0.5) is 13.2 Å². The second-order valence-electron chi connectivity index (χ2n) is 3.03. The molecule has 0 aliphatic heterocycles. The van der Waals surface area contributed by atoms with Crippen molar-refractivity contribution in [1.29, 1.82) is 5.26 Å². The highest BCUT2D eigenvalue weighted by Crippen LogP contribution is 2.29. The number of hydrogen-bond donors (Lipinski definition) is 1. The minimum absolute atomic E-state index is 0.0533. The molecule has 90 valence electrons. The van der Waals surface area contributed by atoms with Crippen molar-refractivity contribution < 1.29 is 23.0 Å². The fourth-order valence-electron chi connectivity index (χ4n) is 1.12. The van der Waals surface area contributed by atoms with E-state index in [1.165, 1.54) is 12.2 Å². The van der Waals surface area contributed by atoms with Gasteiger partial charge in [-0.25, -0.2) is 0 Å². The van der Waals surface area contributed by atoms with Gasteiger partial charge in [0, 0.05) is 5.56 Å². The Kier molecular flexibility index (Phi) is 3.99. The Morgan fingerprint density at radius 3 is 2.71 bits per heavy atom. The van der Waals surface area contributed by atoms with Gasteiger partial charge >= 0.3 is 6.36 Å². The summed E-state index contributed by atoms with van der Waals surface area (Å²) in [6.45, 7) is 0. The summed E-state index contributed by atoms with van der Waals surface area (Å²) in [5.41, 5.74) is 0.0533. The van der Waals surface area contributed by atoms with Gasteiger partial charge in [0.1, 0.15) is 11.5 Å². The molecule has 0 unspecified atom stereocenters. The van der Waals surface area contributed by atoms with Crippen molar-refractivity contribution in [3.8, 4) is 17.6 Å². The van der Waals surface area contributed by atoms with Gasteiger partial charge in [-0.15, -0.1) is 13.2 Å². The predicted octanol–water partition coefficient (Wildman–Crippen LogP) is 3.22. The first-order chi connectivity index (χ1) is 7.92. The van der Waals surface area contributed by atoms with Crippen molar-refractivity contribution >= 4 is 6.08 Å². The summed E-state index contributed by atoms with van der Waals surface area (Å²) >= 11 is 0. The Morgan fingerprint density at radius 2 is 2.12 bits per heavy atom. The zero-order valence-electron chi connectivity index (χ0n) is 8.53. The van der Waals surface area contributed by atoms with Gasteiger partial charge in [-0.3, -0.25) is 0 Å². The third-order valence-corrected chi connectivity index (χ3v) is 1.73. The highest BCUT2D eigenvalue weighted by Gasteiger charge is 2.31. The molecule has 1 aromatic rings. The van der Waals surface area contributed by atoms with E-state index in [0.717, 1.165) is 18.2 Å². The number of nitriles is 1. The zero-order chi connectivity index (χ0) is 12.9. The topological polar surface area (TPSA) is 53.2 Å². The van der Waals surface area contributed by atoms with Crippen LogP contribution in [0.25, 0.3) is 6.08 Å². The van der Waals surface area contributed by atoms with Crippen LogP contribution >= 0.6 is 0 Å². The lowest BCUT2D eigenvalue weighted by Crippen LogP contribution is -2.17. The predicted molar refractivity (Wildman–Crippen MR) is 54.1 cm³/mol. The first-order valence-electron chi connectivity index (χ1n) is 4.54. The normalized spacial score (nSPS) is 11.4. The number of rotatable bonds is 3. The molecule has 17 heavy (non-hydrogen) atoms. The lowest BCUT2D eigenvalue weighted by Gasteiger charge is -2.11. The SMILES string of the molecule is N#CCC=Cc1cc(O)ccc1OC(F)(F)F. The zero-order valence-corrected chi connectivity index (χ0v) is 8.53. The molecule has 6 heteroatoms. The molecule has 0 saturated heterocycles. The number of allylic oxidation sites excluding steroid dienone is 1. The van der Waals surface area contributed by atoms with Crippen LogP contribution in [0.5, 0.6) is 11.5 Å². The summed E-state index contributed by atoms with van der Waals surface area (Å²) in [5, 5.41) is 17.4. The third kappa shape index (κ3) is 4.47. The van der Waals surface area contributed by atoms with Crippen molar-refractivity contribution in [3.05, 3.63) is 29.8 Å². The van der Waals surface area contributed by atoms with E-state index >= 15 is 0 Å². The van der Waals surface area contributed by atoms with Crippen molar-refractivity contribution in [2.75, 3.05) is 0 Å². The van der Waals surface area contributed by atoms with Gasteiger partial charge in [0.05, 0.1) is 12.5 Å². The summed E-state index contributed by atoms with van der Waals surface area (Å²) in [7, 11) is 0. The van der Waals surface area contributed by atoms with Gasteiger partial charge in [0.25, 0.3) is 0 Å². The monoisotopic (exact) mass is 243 g/mol. The fraction of sp³-hybridized carbons (Fsp3) is 0.182. The Balaban J connectivity index is 3.00. The van der Waals surface area contributed by atoms with Crippen LogP contribution in [0.15, 0.2) is 24.3 Å². The van der Waals surface area contributed by atoms with Crippen LogP contribution in [-0.2, 0) is 0 Å². The summed E-state index contributed by atoms with van der Waals surface area (Å²) in [5.74, 6) is -0.611. The van der Waals surface area contributed by atoms with Gasteiger partial charge < -0.3 is 9.84 Å². The molecule has 0 aromatic heterocycles. The van der Waals surface area contributed by atoms with E-state index in [1.54, 1.807) is 0 Å². The molecule has 0 bridgehead atoms. The molecule has 0 aliphatic rings. The number of hydrogen-bond acceptors (Lipinski definition) is 3. The van der Waals surface area contributed by atoms with Crippen LogP contribution in [0, 0.1) is 11.3 Å². The minimum Gasteiger partial charge on any atom is -0.508 e. The van der Waals surface area contributed by atoms with Crippen LogP contribution in [-0.4, -0.2) is 11.5 Å². The number of phenols is 1. The number of halogens is 3. The number of nitrogens with zero attached hydrogens (tertiary/aromatic N) is 1. The minimum atomic E-state index is -4.80. The van der Waals surface area contributed by atoms with Gasteiger partial charge in [-0.05, 0) is 18.2 Å². The Morgan fingerprint density at radius 1 is 1.41 bits per heavy atom. The average Bonchev–Trinajstić information content (AvgIpc) is 2.20. The molecule has 1 aromatic carbocycles. The van der Waals surface area contributed by atoms with Crippen LogP contribution in [0.1, 0.15) is 12.0 Å². The van der Waals surface area contributed by atoms with Crippen LogP contribution in [0.2, 0.25) is 0 Å². The molecule has 0 aliphatic carbocycles. The smallest absolute Gasteiger partial charge is 0.508 e. The third-order valence-electron chi connectivity index (χ3n) is 1.73. The second kappa shape index (κ2) is 5.25. The lowest BCUT2D eigenvalue weighted by molar-refractivity contribution is -0.274. The molecule has 0 atom stereocenters. The molecule has 0 spiro atoms. The second-order valence-corrected chi connectivity index (χ2v) is 3.03. The standard InChI is InChI=1S/C11H8F3NO2/c12-11(13,14)17-10-5-4-9(16)7-8(10)3-1-2-6-15/h1,3-5,7,16H,2H2. The van der Waals surface area contributed by atoms with E-state index in [9.17, 15) is 13.2 Å². The summed E-state index contributed by atoms with van der Waals surface area (Å²) < 4.78 is 39.9. The summed E-state index contributed by atoms with van der Waals surface area (Å²) in [4.78, 5) is 0. The molecule has 0 saturated carbocycles. The highest BCUT2D eigenvalue weighted by atomic mass is 19.4. The Bertz CT molecular complexity index is 461. The van der Waals surface area contributed by atoms with Gasteiger partial charge in [-0.1, -0.05) is 12.2 Å². The summed E-state index contributed by atoms with van der Waals surface area (Å²) in [6.07, 6.45) is -2.09. The van der Waals surface area contributed by atoms with Crippen molar-refractivity contribution in [2.45, 2.75) is 12.8 Å². The Labute approximate surface area is 95.4 Å². The van der Waals surface area contributed by atoms with Gasteiger partial charge in [0.15, 0.2) is 0 Å². The molecule has 0 fully saturated rings. The number of ether oxygens (including phenoxy) is 1. The van der Waals surface area contributed by atoms with Crippen LogP contribution < -0.4 is 4.74 Å². The van der Waals surface area contributed by atoms with E-state index in [1.807, 2.05) is 6.07 Å². The largest absolute Gasteiger partial charge is 0.573 e. The number of phenolic OH excluding ortho intramolecular Hbond substituents is 1. The van der Waals surface area contributed by atoms with Gasteiger partial charge in [0.2, 0.25) is 0 Å². The average molecular weight is 243 g/mol. The van der Waals surface area contributed by atoms with Crippen molar-refractivity contribution in [1.82, 2.24) is 0 Å². The van der Waals surface area contributed by atoms with Crippen molar-refractivity contribution in [2.24, 2.45) is 0 Å². The maximum atomic E-state index is 12.0. The highest BCUT2D eigenvalue weighted by molar-refractivity contribution is 5.59. The van der Waals surface area contributed by atoms with E-state index in [0.29, 0.717) is 0 Å². The molecule has 0 amide bonds. The molecule has 0 radical (unpaired) electrons. The number of benzene rings is 1. The van der Waals surface area contributed by atoms with Gasteiger partial charge in [-0.2, -0.15) is 5.26 Å². The Hall–Kier alpha value is -2.16. The molecule has 1 N–H and O–H groups in total. The van der Waals surface area contributed by atoms with E-state index < -0.39 is 12.1 Å². The lowest BCUT2D eigenvalue weighted by atomic mass is 10.1. The summed E-state index contributed by atoms with van der Waals surface area (Å²) in [6, 6.07) is 5.02. The number of aromatic hydroxyl groups is 1. The first-order valence-corrected chi connectivity index (χ1v) is 4.54. The molecule has 1 rings (SSSR count). The van der Waals surface area contributed by atoms with Crippen LogP contribution in [0.3, 0.4) is 0 Å². The van der Waals surface area contributed by atoms with E-state index in [-0.39, 0.29) is 17.7 Å². The molecule has 3 nitrogen and oxygen atoms in total. The van der Waals surface area contributed by atoms with Crippen molar-refractivity contribution in [3.63, 3.8) is 0 Å². The fourth-order valence-corrected chi connectivity index (χ4v) is 1.12. The van der Waals surface area contributed by atoms with E-state index in [2.05, 4.69) is 4.74 Å². The molecular formula is C11H8F3NO2. The maximum absolute atomic E-state index is 12.0. The number of alkyl halides is 3. The first kappa shape index (κ1) is 12.9. The maximum Gasteiger partial charge on any atom is 0.573 e. The molecular weight excluding hydrogens is 235 g/mol.